The summed E-state index contributed by atoms with van der Waals surface area (Å²) in [6.07, 6.45) is 0. The summed E-state index contributed by atoms with van der Waals surface area (Å²) in [5, 5.41) is 0. The van der Waals surface area contributed by atoms with Crippen LogP contribution < -0.4 is 8.61 Å². The lowest BCUT2D eigenvalue weighted by molar-refractivity contribution is 0.593. The van der Waals surface area contributed by atoms with E-state index in [0.717, 1.165) is 0 Å². The molecule has 6 nitrogen and oxygen atoms in total. The summed E-state index contributed by atoms with van der Waals surface area (Å²) in [6.45, 7) is 0. The maximum absolute atomic E-state index is 14.8. The Labute approximate surface area is 285 Å². The number of rotatable bonds is 9. The van der Waals surface area contributed by atoms with Crippen LogP contribution in [0.2, 0.25) is 0 Å². The summed E-state index contributed by atoms with van der Waals surface area (Å²) in [6, 6.07) is 44.8. The number of benzene rings is 6. The summed E-state index contributed by atoms with van der Waals surface area (Å²) >= 11 is 6.92. The Morgan fingerprint density at radius 3 is 0.891 bits per heavy atom. The van der Waals surface area contributed by atoms with E-state index in [-0.39, 0.29) is 20.9 Å². The SMILES string of the molecule is O=S(=O)(c1cc(Br)ccc1-c1ccc(Br)cc1S(=O)(=O)N(c1ccccc1)c1ccccc1)N(c1ccccc1)c1ccccc1. The first-order valence-corrected chi connectivity index (χ1v) is 18.5. The van der Waals surface area contributed by atoms with E-state index in [4.69, 9.17) is 0 Å². The monoisotopic (exact) mass is 772 g/mol. The summed E-state index contributed by atoms with van der Waals surface area (Å²) in [7, 11) is -8.64. The van der Waals surface area contributed by atoms with Gasteiger partial charge in [-0.3, -0.25) is 0 Å². The molecule has 6 aromatic carbocycles. The molecule has 0 N–H and O–H groups in total. The average molecular weight is 775 g/mol. The van der Waals surface area contributed by atoms with Crippen molar-refractivity contribution in [1.82, 2.24) is 0 Å². The Morgan fingerprint density at radius 2 is 0.630 bits per heavy atom. The van der Waals surface area contributed by atoms with Crippen LogP contribution in [0.5, 0.6) is 0 Å². The Morgan fingerprint density at radius 1 is 0.370 bits per heavy atom. The molecule has 0 heterocycles. The van der Waals surface area contributed by atoms with Gasteiger partial charge >= 0.3 is 0 Å². The number of sulfonamides is 2. The molecule has 0 saturated heterocycles. The lowest BCUT2D eigenvalue weighted by atomic mass is 10.1. The predicted octanol–water partition coefficient (Wildman–Crippen LogP) is 9.93. The van der Waals surface area contributed by atoms with Crippen LogP contribution >= 0.6 is 31.9 Å². The molecule has 0 aliphatic heterocycles. The van der Waals surface area contributed by atoms with E-state index < -0.39 is 20.0 Å². The molecule has 0 amide bonds. The minimum Gasteiger partial charge on any atom is -0.235 e. The maximum Gasteiger partial charge on any atom is 0.269 e. The molecule has 0 saturated carbocycles. The summed E-state index contributed by atoms with van der Waals surface area (Å²) in [4.78, 5) is -0.140. The van der Waals surface area contributed by atoms with Crippen molar-refractivity contribution >= 4 is 74.7 Å². The van der Waals surface area contributed by atoms with E-state index in [0.29, 0.717) is 31.7 Å². The molecule has 6 rings (SSSR count). The highest BCUT2D eigenvalue weighted by Crippen LogP contribution is 2.42. The van der Waals surface area contributed by atoms with Crippen LogP contribution in [0.25, 0.3) is 11.1 Å². The van der Waals surface area contributed by atoms with Crippen LogP contribution in [0.4, 0.5) is 22.7 Å². The molecule has 0 spiro atoms. The molecule has 0 aliphatic carbocycles. The lowest BCUT2D eigenvalue weighted by Gasteiger charge is -2.28. The molecule has 0 unspecified atom stereocenters. The van der Waals surface area contributed by atoms with Gasteiger partial charge in [0.25, 0.3) is 20.0 Å². The first-order chi connectivity index (χ1) is 22.2. The van der Waals surface area contributed by atoms with Crippen molar-refractivity contribution in [3.8, 4) is 11.1 Å². The lowest BCUT2D eigenvalue weighted by Crippen LogP contribution is -2.28. The molecular weight excluding hydrogens is 748 g/mol. The molecule has 0 radical (unpaired) electrons. The van der Waals surface area contributed by atoms with E-state index >= 15 is 0 Å². The zero-order chi connectivity index (χ0) is 32.3. The van der Waals surface area contributed by atoms with Gasteiger partial charge < -0.3 is 0 Å². The predicted molar refractivity (Wildman–Crippen MR) is 192 cm³/mol. The molecule has 0 bridgehead atoms. The second kappa shape index (κ2) is 13.3. The van der Waals surface area contributed by atoms with Gasteiger partial charge in [-0.15, -0.1) is 0 Å². The van der Waals surface area contributed by atoms with Crippen LogP contribution in [-0.4, -0.2) is 16.8 Å². The van der Waals surface area contributed by atoms with Crippen molar-refractivity contribution < 1.29 is 16.8 Å². The Kier molecular flexibility index (Phi) is 9.15. The van der Waals surface area contributed by atoms with Crippen LogP contribution in [0.1, 0.15) is 0 Å². The van der Waals surface area contributed by atoms with Gasteiger partial charge in [0.15, 0.2) is 0 Å². The Bertz CT molecular complexity index is 1960. The molecule has 10 heteroatoms. The highest BCUT2D eigenvalue weighted by atomic mass is 79.9. The van der Waals surface area contributed by atoms with Crippen LogP contribution in [-0.2, 0) is 20.0 Å². The minimum absolute atomic E-state index is 0.0701. The average Bonchev–Trinajstić information content (AvgIpc) is 3.07. The molecule has 0 aliphatic rings. The van der Waals surface area contributed by atoms with Gasteiger partial charge in [-0.05, 0) is 72.8 Å². The van der Waals surface area contributed by atoms with Gasteiger partial charge in [-0.2, -0.15) is 0 Å². The summed E-state index contributed by atoms with van der Waals surface area (Å²) < 4.78 is 62.9. The van der Waals surface area contributed by atoms with Crippen molar-refractivity contribution in [3.05, 3.63) is 167 Å². The van der Waals surface area contributed by atoms with Crippen molar-refractivity contribution in [2.45, 2.75) is 9.79 Å². The quantitative estimate of drug-likeness (QED) is 0.147. The number of anilines is 4. The summed E-state index contributed by atoms with van der Waals surface area (Å²) in [5.41, 5.74) is 2.19. The molecular formula is C36H26Br2N2O4S2. The first kappa shape index (κ1) is 31.7. The highest BCUT2D eigenvalue weighted by Gasteiger charge is 2.34. The molecule has 6 aromatic rings. The standard InChI is InChI=1S/C36H26Br2N2O4S2/c37-27-21-23-33(35(25-27)45(41,42)39(29-13-5-1-6-14-29)30-15-7-2-8-16-30)34-24-22-28(38)26-36(34)46(43,44)40(31-17-9-3-10-18-31)32-19-11-4-12-20-32/h1-26H. The Balaban J connectivity index is 1.60. The van der Waals surface area contributed by atoms with E-state index in [9.17, 15) is 16.8 Å². The van der Waals surface area contributed by atoms with Crippen molar-refractivity contribution in [3.63, 3.8) is 0 Å². The Hall–Kier alpha value is -4.22. The van der Waals surface area contributed by atoms with Gasteiger partial charge in [-0.1, -0.05) is 117 Å². The fourth-order valence-corrected chi connectivity index (χ4v) is 9.65. The van der Waals surface area contributed by atoms with Crippen molar-refractivity contribution in [2.24, 2.45) is 0 Å². The van der Waals surface area contributed by atoms with Crippen molar-refractivity contribution in [2.75, 3.05) is 8.61 Å². The van der Waals surface area contributed by atoms with Crippen LogP contribution in [0, 0.1) is 0 Å². The zero-order valence-corrected chi connectivity index (χ0v) is 28.9. The van der Waals surface area contributed by atoms with Gasteiger partial charge in [0.05, 0.1) is 32.5 Å². The van der Waals surface area contributed by atoms with Gasteiger partial charge in [0, 0.05) is 20.1 Å². The number of para-hydroxylation sites is 4. The topological polar surface area (TPSA) is 74.8 Å². The second-order valence-corrected chi connectivity index (χ2v) is 15.5. The fraction of sp³-hybridized carbons (Fsp3) is 0. The van der Waals surface area contributed by atoms with Crippen LogP contribution in [0.15, 0.2) is 176 Å². The van der Waals surface area contributed by atoms with Crippen LogP contribution in [0.3, 0.4) is 0 Å². The second-order valence-electron chi connectivity index (χ2n) is 10.2. The largest absolute Gasteiger partial charge is 0.269 e. The van der Waals surface area contributed by atoms with E-state index in [1.807, 2.05) is 24.3 Å². The molecule has 230 valence electrons. The van der Waals surface area contributed by atoms with Crippen molar-refractivity contribution in [1.29, 1.82) is 0 Å². The summed E-state index contributed by atoms with van der Waals surface area (Å²) in [5.74, 6) is 0. The fourth-order valence-electron chi connectivity index (χ4n) is 5.17. The van der Waals surface area contributed by atoms with E-state index in [2.05, 4.69) is 31.9 Å². The van der Waals surface area contributed by atoms with E-state index in [1.54, 1.807) is 121 Å². The number of hydrogen-bond acceptors (Lipinski definition) is 4. The first-order valence-electron chi connectivity index (χ1n) is 14.1. The maximum atomic E-state index is 14.8. The third kappa shape index (κ3) is 6.26. The van der Waals surface area contributed by atoms with Gasteiger partial charge in [0.2, 0.25) is 0 Å². The molecule has 0 atom stereocenters. The number of hydrogen-bond donors (Lipinski definition) is 0. The van der Waals surface area contributed by atoms with Gasteiger partial charge in [-0.25, -0.2) is 25.4 Å². The molecule has 46 heavy (non-hydrogen) atoms. The van der Waals surface area contributed by atoms with Gasteiger partial charge in [0.1, 0.15) is 0 Å². The third-order valence-corrected chi connectivity index (χ3v) is 11.8. The highest BCUT2D eigenvalue weighted by molar-refractivity contribution is 9.10. The van der Waals surface area contributed by atoms with E-state index in [1.165, 1.54) is 20.7 Å². The zero-order valence-electron chi connectivity index (χ0n) is 24.1. The minimum atomic E-state index is -4.32. The molecule has 0 fully saturated rings. The smallest absolute Gasteiger partial charge is 0.235 e. The number of nitrogens with zero attached hydrogens (tertiary/aromatic N) is 2. The third-order valence-electron chi connectivity index (χ3n) is 7.18. The molecule has 0 aromatic heterocycles. The number of halogens is 2. The normalized spacial score (nSPS) is 11.6.